The highest BCUT2D eigenvalue weighted by atomic mass is 16.3. The zero-order valence-electron chi connectivity index (χ0n) is 7.44. The molecule has 0 radical (unpaired) electrons. The molecule has 0 aliphatic rings. The van der Waals surface area contributed by atoms with Crippen LogP contribution < -0.4 is 0 Å². The average Bonchev–Trinajstić information content (AvgIpc) is 2.66. The molecule has 0 amide bonds. The zero-order chi connectivity index (χ0) is 9.97. The number of nitrogens with zero attached hydrogens (tertiary/aromatic N) is 1. The number of aromatic amines is 1. The van der Waals surface area contributed by atoms with Gasteiger partial charge in [-0.2, -0.15) is 0 Å². The topological polar surface area (TPSA) is 69.1 Å². The van der Waals surface area contributed by atoms with Crippen LogP contribution in [0.5, 0.6) is 5.75 Å². The Labute approximate surface area is 80.9 Å². The molecule has 0 atom stereocenters. The molecule has 0 bridgehead atoms. The number of H-pyrrole nitrogens is 1. The Morgan fingerprint density at radius 1 is 1.36 bits per heavy atom. The summed E-state index contributed by atoms with van der Waals surface area (Å²) in [6.45, 7) is -0.112. The minimum Gasteiger partial charge on any atom is -0.508 e. The van der Waals surface area contributed by atoms with E-state index in [2.05, 4.69) is 9.97 Å². The van der Waals surface area contributed by atoms with Crippen LogP contribution in [0, 0.1) is 0 Å². The monoisotopic (exact) mass is 190 g/mol. The third-order valence-corrected chi connectivity index (χ3v) is 1.94. The van der Waals surface area contributed by atoms with E-state index in [1.54, 1.807) is 24.4 Å². The molecule has 0 aliphatic heterocycles. The van der Waals surface area contributed by atoms with Crippen molar-refractivity contribution in [3.05, 3.63) is 36.3 Å². The molecular formula is C10H10N2O2. The van der Waals surface area contributed by atoms with E-state index in [4.69, 9.17) is 5.11 Å². The molecule has 1 aromatic carbocycles. The molecule has 3 N–H and O–H groups in total. The summed E-state index contributed by atoms with van der Waals surface area (Å²) in [6.07, 6.45) is 1.63. The first kappa shape index (κ1) is 8.77. The number of benzene rings is 1. The molecule has 0 saturated carbocycles. The second-order valence-corrected chi connectivity index (χ2v) is 2.95. The minimum absolute atomic E-state index is 0.112. The Balaban J connectivity index is 2.39. The Kier molecular flexibility index (Phi) is 2.20. The van der Waals surface area contributed by atoms with E-state index in [-0.39, 0.29) is 12.4 Å². The van der Waals surface area contributed by atoms with Crippen molar-refractivity contribution in [2.75, 3.05) is 0 Å². The largest absolute Gasteiger partial charge is 0.508 e. The van der Waals surface area contributed by atoms with Gasteiger partial charge >= 0.3 is 0 Å². The smallest absolute Gasteiger partial charge is 0.132 e. The lowest BCUT2D eigenvalue weighted by Gasteiger charge is -1.97. The molecule has 1 heterocycles. The van der Waals surface area contributed by atoms with Gasteiger partial charge in [0.2, 0.25) is 0 Å². The molecule has 14 heavy (non-hydrogen) atoms. The van der Waals surface area contributed by atoms with Gasteiger partial charge in [-0.3, -0.25) is 0 Å². The number of aliphatic hydroxyl groups excluding tert-OH is 1. The number of imidazole rings is 1. The summed E-state index contributed by atoms with van der Waals surface area (Å²) in [5.41, 5.74) is 1.63. The SMILES string of the molecule is OCc1ncc(-c2cccc(O)c2)[nH]1. The predicted molar refractivity (Wildman–Crippen MR) is 51.6 cm³/mol. The quantitative estimate of drug-likeness (QED) is 0.668. The number of phenols is 1. The molecule has 0 saturated heterocycles. The summed E-state index contributed by atoms with van der Waals surface area (Å²) in [5, 5.41) is 18.1. The maximum atomic E-state index is 9.25. The lowest BCUT2D eigenvalue weighted by molar-refractivity contribution is 0.272. The number of aliphatic hydroxyl groups is 1. The van der Waals surface area contributed by atoms with Gasteiger partial charge in [-0.05, 0) is 12.1 Å². The maximum Gasteiger partial charge on any atom is 0.132 e. The first-order valence-corrected chi connectivity index (χ1v) is 4.24. The summed E-state index contributed by atoms with van der Waals surface area (Å²) >= 11 is 0. The fourth-order valence-electron chi connectivity index (χ4n) is 1.26. The number of hydrogen-bond acceptors (Lipinski definition) is 3. The van der Waals surface area contributed by atoms with Crippen molar-refractivity contribution in [1.29, 1.82) is 0 Å². The molecule has 2 aromatic rings. The number of aromatic nitrogens is 2. The van der Waals surface area contributed by atoms with Crippen LogP contribution in [0.25, 0.3) is 11.3 Å². The van der Waals surface area contributed by atoms with E-state index in [1.807, 2.05) is 6.07 Å². The van der Waals surface area contributed by atoms with Crippen molar-refractivity contribution in [3.8, 4) is 17.0 Å². The van der Waals surface area contributed by atoms with E-state index < -0.39 is 0 Å². The Hall–Kier alpha value is -1.81. The molecule has 4 heteroatoms. The van der Waals surface area contributed by atoms with Gasteiger partial charge < -0.3 is 15.2 Å². The molecule has 72 valence electrons. The van der Waals surface area contributed by atoms with Crippen LogP contribution in [0.2, 0.25) is 0 Å². The van der Waals surface area contributed by atoms with E-state index >= 15 is 0 Å². The van der Waals surface area contributed by atoms with E-state index in [9.17, 15) is 5.11 Å². The van der Waals surface area contributed by atoms with Crippen LogP contribution in [-0.2, 0) is 6.61 Å². The average molecular weight is 190 g/mol. The van der Waals surface area contributed by atoms with Gasteiger partial charge in [0.05, 0.1) is 11.9 Å². The Bertz CT molecular complexity index is 437. The van der Waals surface area contributed by atoms with Gasteiger partial charge in [0.1, 0.15) is 18.2 Å². The number of rotatable bonds is 2. The normalized spacial score (nSPS) is 10.4. The summed E-state index contributed by atoms with van der Waals surface area (Å²) in [7, 11) is 0. The summed E-state index contributed by atoms with van der Waals surface area (Å²) < 4.78 is 0. The summed E-state index contributed by atoms with van der Waals surface area (Å²) in [4.78, 5) is 6.89. The third kappa shape index (κ3) is 1.60. The fraction of sp³-hybridized carbons (Fsp3) is 0.100. The highest BCUT2D eigenvalue weighted by Crippen LogP contribution is 2.21. The zero-order valence-corrected chi connectivity index (χ0v) is 7.44. The Morgan fingerprint density at radius 2 is 2.21 bits per heavy atom. The highest BCUT2D eigenvalue weighted by molar-refractivity contribution is 5.60. The molecule has 1 aromatic heterocycles. The summed E-state index contributed by atoms with van der Waals surface area (Å²) in [6, 6.07) is 6.85. The predicted octanol–water partition coefficient (Wildman–Crippen LogP) is 1.27. The minimum atomic E-state index is -0.112. The van der Waals surface area contributed by atoms with Crippen LogP contribution in [0.3, 0.4) is 0 Å². The van der Waals surface area contributed by atoms with Crippen LogP contribution >= 0.6 is 0 Å². The van der Waals surface area contributed by atoms with Gasteiger partial charge in [0, 0.05) is 5.56 Å². The molecule has 0 spiro atoms. The molecule has 0 fully saturated rings. The lowest BCUT2D eigenvalue weighted by Crippen LogP contribution is -1.84. The van der Waals surface area contributed by atoms with Crippen LogP contribution in [-0.4, -0.2) is 20.2 Å². The first-order valence-electron chi connectivity index (χ1n) is 4.24. The number of phenolic OH excluding ortho intramolecular Hbond substituents is 1. The van der Waals surface area contributed by atoms with Crippen molar-refractivity contribution < 1.29 is 10.2 Å². The lowest BCUT2D eigenvalue weighted by atomic mass is 10.2. The van der Waals surface area contributed by atoms with E-state index in [0.29, 0.717) is 5.82 Å². The number of nitrogens with one attached hydrogen (secondary N) is 1. The van der Waals surface area contributed by atoms with Crippen molar-refractivity contribution in [2.24, 2.45) is 0 Å². The van der Waals surface area contributed by atoms with Crippen molar-refractivity contribution in [3.63, 3.8) is 0 Å². The second kappa shape index (κ2) is 3.51. The Morgan fingerprint density at radius 3 is 2.86 bits per heavy atom. The van der Waals surface area contributed by atoms with Gasteiger partial charge in [0.15, 0.2) is 0 Å². The fourth-order valence-corrected chi connectivity index (χ4v) is 1.26. The van der Waals surface area contributed by atoms with Crippen LogP contribution in [0.15, 0.2) is 30.5 Å². The van der Waals surface area contributed by atoms with Gasteiger partial charge in [0.25, 0.3) is 0 Å². The number of hydrogen-bond donors (Lipinski definition) is 3. The molecule has 2 rings (SSSR count). The number of aromatic hydroxyl groups is 1. The van der Waals surface area contributed by atoms with Crippen molar-refractivity contribution in [2.45, 2.75) is 6.61 Å². The van der Waals surface area contributed by atoms with Crippen molar-refractivity contribution in [1.82, 2.24) is 9.97 Å². The standard InChI is InChI=1S/C10H10N2O2/c13-6-10-11-5-9(12-10)7-2-1-3-8(14)4-7/h1-5,13-14H,6H2,(H,11,12). The molecule has 0 unspecified atom stereocenters. The second-order valence-electron chi connectivity index (χ2n) is 2.95. The third-order valence-electron chi connectivity index (χ3n) is 1.94. The van der Waals surface area contributed by atoms with Crippen LogP contribution in [0.1, 0.15) is 5.82 Å². The highest BCUT2D eigenvalue weighted by Gasteiger charge is 2.02. The molecule has 4 nitrogen and oxygen atoms in total. The van der Waals surface area contributed by atoms with Crippen LogP contribution in [0.4, 0.5) is 0 Å². The van der Waals surface area contributed by atoms with Gasteiger partial charge in [-0.1, -0.05) is 12.1 Å². The molecular weight excluding hydrogens is 180 g/mol. The first-order chi connectivity index (χ1) is 6.79. The van der Waals surface area contributed by atoms with Gasteiger partial charge in [-0.25, -0.2) is 4.98 Å². The maximum absolute atomic E-state index is 9.25. The summed E-state index contributed by atoms with van der Waals surface area (Å²) in [5.74, 6) is 0.728. The van der Waals surface area contributed by atoms with Gasteiger partial charge in [-0.15, -0.1) is 0 Å². The van der Waals surface area contributed by atoms with E-state index in [0.717, 1.165) is 11.3 Å². The van der Waals surface area contributed by atoms with Crippen molar-refractivity contribution >= 4 is 0 Å². The van der Waals surface area contributed by atoms with E-state index in [1.165, 1.54) is 0 Å². The molecule has 0 aliphatic carbocycles.